The van der Waals surface area contributed by atoms with Crippen molar-refractivity contribution in [3.63, 3.8) is 0 Å². The van der Waals surface area contributed by atoms with Crippen LogP contribution in [0.5, 0.6) is 0 Å². The highest BCUT2D eigenvalue weighted by Gasteiger charge is 2.22. The molecule has 1 aromatic rings. The van der Waals surface area contributed by atoms with E-state index in [0.29, 0.717) is 6.04 Å². The van der Waals surface area contributed by atoms with Gasteiger partial charge in [-0.25, -0.2) is 0 Å². The summed E-state index contributed by atoms with van der Waals surface area (Å²) in [7, 11) is 0. The fourth-order valence-electron chi connectivity index (χ4n) is 2.09. The van der Waals surface area contributed by atoms with Crippen molar-refractivity contribution in [3.8, 4) is 0 Å². The highest BCUT2D eigenvalue weighted by molar-refractivity contribution is 7.03. The Morgan fingerprint density at radius 1 is 1.62 bits per heavy atom. The summed E-state index contributed by atoms with van der Waals surface area (Å²) in [6, 6.07) is 0.687. The van der Waals surface area contributed by atoms with E-state index in [1.165, 1.54) is 24.4 Å². The number of aromatic nitrogens is 2. The lowest BCUT2D eigenvalue weighted by Crippen LogP contribution is -2.37. The molecule has 1 aliphatic heterocycles. The van der Waals surface area contributed by atoms with Crippen LogP contribution in [-0.4, -0.2) is 40.2 Å². The average Bonchev–Trinajstić information content (AvgIpc) is 2.89. The summed E-state index contributed by atoms with van der Waals surface area (Å²) < 4.78 is 3.91. The van der Waals surface area contributed by atoms with E-state index in [2.05, 4.69) is 26.7 Å². The van der Waals surface area contributed by atoms with Gasteiger partial charge in [0.1, 0.15) is 0 Å². The standard InChI is InChI=1S/C10H18N4S.ClH/c1-2-5-14(10-3-4-11-6-10)7-9-8-15-13-12-9;/h8,10-11H,2-7H2,1H3;1H. The molecule has 2 heterocycles. The molecule has 0 aromatic carbocycles. The Hall–Kier alpha value is -0.230. The molecule has 1 atom stereocenters. The van der Waals surface area contributed by atoms with Gasteiger partial charge in [0, 0.05) is 24.5 Å². The molecule has 0 spiro atoms. The fourth-order valence-corrected chi connectivity index (χ4v) is 2.53. The second kappa shape index (κ2) is 7.17. The maximum Gasteiger partial charge on any atom is 0.0895 e. The van der Waals surface area contributed by atoms with Crippen molar-refractivity contribution >= 4 is 23.9 Å². The van der Waals surface area contributed by atoms with Crippen LogP contribution in [-0.2, 0) is 6.54 Å². The quantitative estimate of drug-likeness (QED) is 0.874. The zero-order chi connectivity index (χ0) is 10.5. The van der Waals surface area contributed by atoms with Crippen LogP contribution < -0.4 is 5.32 Å². The summed E-state index contributed by atoms with van der Waals surface area (Å²) >= 11 is 1.44. The highest BCUT2D eigenvalue weighted by atomic mass is 35.5. The first-order valence-electron chi connectivity index (χ1n) is 5.61. The molecule has 0 bridgehead atoms. The number of nitrogens with zero attached hydrogens (tertiary/aromatic N) is 3. The van der Waals surface area contributed by atoms with Crippen molar-refractivity contribution in [2.75, 3.05) is 19.6 Å². The zero-order valence-electron chi connectivity index (χ0n) is 9.56. The Bertz CT molecular complexity index is 274. The van der Waals surface area contributed by atoms with Crippen LogP contribution >= 0.6 is 23.9 Å². The SMILES string of the molecule is CCCN(Cc1csnn1)C1CCNC1.Cl. The summed E-state index contributed by atoms with van der Waals surface area (Å²) in [6.07, 6.45) is 2.46. The zero-order valence-corrected chi connectivity index (χ0v) is 11.2. The van der Waals surface area contributed by atoms with Gasteiger partial charge in [0.2, 0.25) is 0 Å². The predicted molar refractivity (Wildman–Crippen MR) is 69.1 cm³/mol. The van der Waals surface area contributed by atoms with Gasteiger partial charge in [0.25, 0.3) is 0 Å². The van der Waals surface area contributed by atoms with E-state index in [-0.39, 0.29) is 12.4 Å². The molecule has 1 aromatic heterocycles. The lowest BCUT2D eigenvalue weighted by atomic mass is 10.2. The normalized spacial score (nSPS) is 20.0. The molecule has 4 nitrogen and oxygen atoms in total. The van der Waals surface area contributed by atoms with E-state index in [9.17, 15) is 0 Å². The summed E-state index contributed by atoms with van der Waals surface area (Å²) in [4.78, 5) is 2.52. The summed E-state index contributed by atoms with van der Waals surface area (Å²) in [5.74, 6) is 0. The van der Waals surface area contributed by atoms with Crippen LogP contribution in [0, 0.1) is 0 Å². The minimum atomic E-state index is 0. The van der Waals surface area contributed by atoms with Crippen molar-refractivity contribution in [2.45, 2.75) is 32.4 Å². The Labute approximate surface area is 107 Å². The Morgan fingerprint density at radius 2 is 2.50 bits per heavy atom. The molecule has 16 heavy (non-hydrogen) atoms. The van der Waals surface area contributed by atoms with E-state index in [1.54, 1.807) is 0 Å². The fraction of sp³-hybridized carbons (Fsp3) is 0.800. The van der Waals surface area contributed by atoms with E-state index in [1.807, 2.05) is 5.38 Å². The molecular weight excluding hydrogens is 244 g/mol. The lowest BCUT2D eigenvalue weighted by Gasteiger charge is -2.26. The van der Waals surface area contributed by atoms with Crippen LogP contribution in [0.15, 0.2) is 5.38 Å². The Morgan fingerprint density at radius 3 is 3.06 bits per heavy atom. The van der Waals surface area contributed by atoms with Crippen molar-refractivity contribution < 1.29 is 0 Å². The van der Waals surface area contributed by atoms with Gasteiger partial charge in [0.15, 0.2) is 0 Å². The molecule has 92 valence electrons. The topological polar surface area (TPSA) is 41.1 Å². The largest absolute Gasteiger partial charge is 0.315 e. The van der Waals surface area contributed by atoms with Crippen molar-refractivity contribution in [1.29, 1.82) is 0 Å². The van der Waals surface area contributed by atoms with Gasteiger partial charge in [-0.3, -0.25) is 4.90 Å². The van der Waals surface area contributed by atoms with Gasteiger partial charge in [-0.2, -0.15) is 0 Å². The molecular formula is C10H19ClN4S. The molecule has 1 N–H and O–H groups in total. The van der Waals surface area contributed by atoms with Crippen LogP contribution in [0.4, 0.5) is 0 Å². The molecule has 2 rings (SSSR count). The number of hydrogen-bond donors (Lipinski definition) is 1. The van der Waals surface area contributed by atoms with Gasteiger partial charge in [0.05, 0.1) is 5.69 Å². The summed E-state index contributed by atoms with van der Waals surface area (Å²) in [6.45, 7) is 6.62. The maximum absolute atomic E-state index is 4.12. The van der Waals surface area contributed by atoms with Crippen LogP contribution in [0.25, 0.3) is 0 Å². The van der Waals surface area contributed by atoms with Crippen LogP contribution in [0.3, 0.4) is 0 Å². The maximum atomic E-state index is 4.12. The second-order valence-electron chi connectivity index (χ2n) is 4.01. The number of halogens is 1. The summed E-state index contributed by atoms with van der Waals surface area (Å²) in [5, 5.41) is 9.58. The molecule has 1 saturated heterocycles. The molecule has 0 amide bonds. The number of rotatable bonds is 5. The smallest absolute Gasteiger partial charge is 0.0895 e. The monoisotopic (exact) mass is 262 g/mol. The highest BCUT2D eigenvalue weighted by Crippen LogP contribution is 2.13. The van der Waals surface area contributed by atoms with Crippen molar-refractivity contribution in [2.24, 2.45) is 0 Å². The minimum Gasteiger partial charge on any atom is -0.315 e. The molecule has 1 fully saturated rings. The first kappa shape index (κ1) is 13.8. The van der Waals surface area contributed by atoms with Gasteiger partial charge < -0.3 is 5.32 Å². The van der Waals surface area contributed by atoms with Gasteiger partial charge in [-0.05, 0) is 37.5 Å². The van der Waals surface area contributed by atoms with Gasteiger partial charge >= 0.3 is 0 Å². The third-order valence-electron chi connectivity index (χ3n) is 2.83. The van der Waals surface area contributed by atoms with E-state index in [0.717, 1.165) is 31.9 Å². The Kier molecular flexibility index (Phi) is 6.20. The van der Waals surface area contributed by atoms with Crippen molar-refractivity contribution in [3.05, 3.63) is 11.1 Å². The third-order valence-corrected chi connectivity index (χ3v) is 3.39. The Balaban J connectivity index is 0.00000128. The second-order valence-corrected chi connectivity index (χ2v) is 4.62. The predicted octanol–water partition coefficient (Wildman–Crippen LogP) is 1.53. The first-order chi connectivity index (χ1) is 7.40. The molecule has 1 aliphatic rings. The van der Waals surface area contributed by atoms with Gasteiger partial charge in [-0.1, -0.05) is 11.4 Å². The van der Waals surface area contributed by atoms with Crippen LogP contribution in [0.1, 0.15) is 25.5 Å². The number of nitrogens with one attached hydrogen (secondary N) is 1. The first-order valence-corrected chi connectivity index (χ1v) is 6.44. The lowest BCUT2D eigenvalue weighted by molar-refractivity contribution is 0.197. The van der Waals surface area contributed by atoms with E-state index in [4.69, 9.17) is 0 Å². The van der Waals surface area contributed by atoms with Crippen LogP contribution in [0.2, 0.25) is 0 Å². The van der Waals surface area contributed by atoms with E-state index >= 15 is 0 Å². The molecule has 0 saturated carbocycles. The molecule has 0 radical (unpaired) electrons. The summed E-state index contributed by atoms with van der Waals surface area (Å²) in [5.41, 5.74) is 1.11. The molecule has 6 heteroatoms. The van der Waals surface area contributed by atoms with Gasteiger partial charge in [-0.15, -0.1) is 17.5 Å². The minimum absolute atomic E-state index is 0. The molecule has 0 aliphatic carbocycles. The average molecular weight is 263 g/mol. The third kappa shape index (κ3) is 3.66. The molecule has 1 unspecified atom stereocenters. The van der Waals surface area contributed by atoms with E-state index < -0.39 is 0 Å². The number of hydrogen-bond acceptors (Lipinski definition) is 5. The van der Waals surface area contributed by atoms with Crippen molar-refractivity contribution in [1.82, 2.24) is 19.8 Å².